The zero-order valence-electron chi connectivity index (χ0n) is 12.6. The Labute approximate surface area is 132 Å². The van der Waals surface area contributed by atoms with Gasteiger partial charge in [0.15, 0.2) is 11.6 Å². The average molecular weight is 313 g/mol. The van der Waals surface area contributed by atoms with E-state index in [1.807, 2.05) is 30.3 Å². The standard InChI is InChI=1S/C17H16FN3O2/c1-11-7-13(17-20-15(9-19)23-21-17)8-14(18)16(11)22-10-12-5-3-2-4-6-12/h2-8H,9-10,19H2,1H3. The zero-order chi connectivity index (χ0) is 16.2. The van der Waals surface area contributed by atoms with Crippen LogP contribution < -0.4 is 10.5 Å². The molecule has 2 N–H and O–H groups in total. The molecule has 0 aliphatic rings. The number of aromatic nitrogens is 2. The number of hydrogen-bond donors (Lipinski definition) is 1. The summed E-state index contributed by atoms with van der Waals surface area (Å²) in [5, 5.41) is 3.79. The van der Waals surface area contributed by atoms with Crippen LogP contribution in [0.3, 0.4) is 0 Å². The highest BCUT2D eigenvalue weighted by molar-refractivity contribution is 5.58. The summed E-state index contributed by atoms with van der Waals surface area (Å²) < 4.78 is 24.9. The lowest BCUT2D eigenvalue weighted by Gasteiger charge is -2.11. The van der Waals surface area contributed by atoms with E-state index in [1.54, 1.807) is 13.0 Å². The lowest BCUT2D eigenvalue weighted by molar-refractivity contribution is 0.288. The Balaban J connectivity index is 1.82. The van der Waals surface area contributed by atoms with Crippen molar-refractivity contribution in [2.45, 2.75) is 20.1 Å². The number of benzene rings is 2. The van der Waals surface area contributed by atoms with Crippen LogP contribution in [-0.4, -0.2) is 10.1 Å². The Bertz CT molecular complexity index is 780. The van der Waals surface area contributed by atoms with Gasteiger partial charge < -0.3 is 15.0 Å². The summed E-state index contributed by atoms with van der Waals surface area (Å²) in [5.74, 6) is 0.375. The van der Waals surface area contributed by atoms with Crippen molar-refractivity contribution in [1.82, 2.24) is 10.1 Å². The molecule has 118 valence electrons. The van der Waals surface area contributed by atoms with E-state index in [4.69, 9.17) is 15.0 Å². The molecule has 2 aromatic carbocycles. The molecule has 1 aromatic heterocycles. The van der Waals surface area contributed by atoms with Crippen molar-refractivity contribution in [2.24, 2.45) is 5.73 Å². The molecule has 5 nitrogen and oxygen atoms in total. The summed E-state index contributed by atoms with van der Waals surface area (Å²) in [6.07, 6.45) is 0. The predicted octanol–water partition coefficient (Wildman–Crippen LogP) is 3.22. The van der Waals surface area contributed by atoms with E-state index in [2.05, 4.69) is 10.1 Å². The van der Waals surface area contributed by atoms with Crippen molar-refractivity contribution in [1.29, 1.82) is 0 Å². The fourth-order valence-electron chi connectivity index (χ4n) is 2.23. The molecule has 23 heavy (non-hydrogen) atoms. The topological polar surface area (TPSA) is 74.2 Å². The Morgan fingerprint density at radius 3 is 2.65 bits per heavy atom. The van der Waals surface area contributed by atoms with Crippen LogP contribution in [0.5, 0.6) is 5.75 Å². The number of halogens is 1. The van der Waals surface area contributed by atoms with E-state index in [9.17, 15) is 4.39 Å². The van der Waals surface area contributed by atoms with Crippen molar-refractivity contribution < 1.29 is 13.7 Å². The molecule has 0 amide bonds. The van der Waals surface area contributed by atoms with Crippen LogP contribution >= 0.6 is 0 Å². The minimum absolute atomic E-state index is 0.146. The predicted molar refractivity (Wildman–Crippen MR) is 83.1 cm³/mol. The van der Waals surface area contributed by atoms with E-state index < -0.39 is 5.82 Å². The molecule has 0 spiro atoms. The largest absolute Gasteiger partial charge is 0.486 e. The van der Waals surface area contributed by atoms with Crippen LogP contribution in [0.2, 0.25) is 0 Å². The van der Waals surface area contributed by atoms with Crippen LogP contribution in [0.4, 0.5) is 4.39 Å². The van der Waals surface area contributed by atoms with Gasteiger partial charge in [0.2, 0.25) is 11.7 Å². The maximum absolute atomic E-state index is 14.4. The third-order valence-electron chi connectivity index (χ3n) is 3.36. The molecule has 3 aromatic rings. The van der Waals surface area contributed by atoms with Gasteiger partial charge in [-0.25, -0.2) is 4.39 Å². The molecule has 6 heteroatoms. The third-order valence-corrected chi connectivity index (χ3v) is 3.36. The normalized spacial score (nSPS) is 10.7. The minimum atomic E-state index is -0.463. The second-order valence-electron chi connectivity index (χ2n) is 5.09. The van der Waals surface area contributed by atoms with Crippen molar-refractivity contribution in [3.05, 3.63) is 65.3 Å². The summed E-state index contributed by atoms with van der Waals surface area (Å²) >= 11 is 0. The van der Waals surface area contributed by atoms with Crippen LogP contribution in [0.15, 0.2) is 47.0 Å². The summed E-state index contributed by atoms with van der Waals surface area (Å²) in [4.78, 5) is 4.09. The lowest BCUT2D eigenvalue weighted by Crippen LogP contribution is -2.00. The van der Waals surface area contributed by atoms with Crippen LogP contribution in [-0.2, 0) is 13.2 Å². The highest BCUT2D eigenvalue weighted by Crippen LogP contribution is 2.29. The molecule has 0 radical (unpaired) electrons. The first-order valence-corrected chi connectivity index (χ1v) is 7.17. The smallest absolute Gasteiger partial charge is 0.240 e. The van der Waals surface area contributed by atoms with Gasteiger partial charge in [-0.1, -0.05) is 35.5 Å². The van der Waals surface area contributed by atoms with Crippen molar-refractivity contribution in [2.75, 3.05) is 0 Å². The molecule has 0 fully saturated rings. The molecular formula is C17H16FN3O2. The molecule has 3 rings (SSSR count). The number of rotatable bonds is 5. The third kappa shape index (κ3) is 3.37. The quantitative estimate of drug-likeness (QED) is 0.783. The van der Waals surface area contributed by atoms with Crippen molar-refractivity contribution in [3.63, 3.8) is 0 Å². The first-order valence-electron chi connectivity index (χ1n) is 7.17. The number of ether oxygens (including phenoxy) is 1. The van der Waals surface area contributed by atoms with Gasteiger partial charge in [0.05, 0.1) is 6.54 Å². The fourth-order valence-corrected chi connectivity index (χ4v) is 2.23. The molecule has 1 heterocycles. The van der Waals surface area contributed by atoms with Gasteiger partial charge in [-0.05, 0) is 30.2 Å². The van der Waals surface area contributed by atoms with Crippen LogP contribution in [0.25, 0.3) is 11.4 Å². The maximum atomic E-state index is 14.4. The Morgan fingerprint density at radius 1 is 1.22 bits per heavy atom. The molecule has 0 saturated carbocycles. The van der Waals surface area contributed by atoms with Gasteiger partial charge in [0.1, 0.15) is 6.61 Å². The van der Waals surface area contributed by atoms with Crippen LogP contribution in [0, 0.1) is 12.7 Å². The molecule has 0 saturated heterocycles. The summed E-state index contributed by atoms with van der Waals surface area (Å²) in [7, 11) is 0. The van der Waals surface area contributed by atoms with E-state index in [0.29, 0.717) is 29.4 Å². The number of nitrogens with two attached hydrogens (primary N) is 1. The van der Waals surface area contributed by atoms with Gasteiger partial charge in [-0.2, -0.15) is 4.98 Å². The number of nitrogens with zero attached hydrogens (tertiary/aromatic N) is 2. The van der Waals surface area contributed by atoms with Gasteiger partial charge in [-0.3, -0.25) is 0 Å². The van der Waals surface area contributed by atoms with Crippen molar-refractivity contribution >= 4 is 0 Å². The summed E-state index contributed by atoms with van der Waals surface area (Å²) in [6, 6.07) is 12.7. The number of aryl methyl sites for hydroxylation is 1. The van der Waals surface area contributed by atoms with Crippen LogP contribution in [0.1, 0.15) is 17.0 Å². The van der Waals surface area contributed by atoms with Crippen molar-refractivity contribution in [3.8, 4) is 17.1 Å². The van der Waals surface area contributed by atoms with Gasteiger partial charge in [0, 0.05) is 5.56 Å². The minimum Gasteiger partial charge on any atom is -0.486 e. The fraction of sp³-hybridized carbons (Fsp3) is 0.176. The monoisotopic (exact) mass is 313 g/mol. The second-order valence-corrected chi connectivity index (χ2v) is 5.09. The van der Waals surface area contributed by atoms with E-state index in [-0.39, 0.29) is 12.3 Å². The zero-order valence-corrected chi connectivity index (χ0v) is 12.6. The highest BCUT2D eigenvalue weighted by Gasteiger charge is 2.14. The first-order chi connectivity index (χ1) is 11.2. The summed E-state index contributed by atoms with van der Waals surface area (Å²) in [6.45, 7) is 2.22. The maximum Gasteiger partial charge on any atom is 0.240 e. The Morgan fingerprint density at radius 2 is 2.00 bits per heavy atom. The molecule has 0 aliphatic heterocycles. The molecular weight excluding hydrogens is 297 g/mol. The first kappa shape index (κ1) is 15.2. The van der Waals surface area contributed by atoms with Gasteiger partial charge >= 0.3 is 0 Å². The Kier molecular flexibility index (Phi) is 4.34. The lowest BCUT2D eigenvalue weighted by atomic mass is 10.1. The Hall–Kier alpha value is -2.73. The average Bonchev–Trinajstić information content (AvgIpc) is 3.04. The van der Waals surface area contributed by atoms with Gasteiger partial charge in [-0.15, -0.1) is 0 Å². The molecule has 0 bridgehead atoms. The SMILES string of the molecule is Cc1cc(-c2noc(CN)n2)cc(F)c1OCc1ccccc1. The molecule has 0 atom stereocenters. The van der Waals surface area contributed by atoms with E-state index >= 15 is 0 Å². The molecule has 0 unspecified atom stereocenters. The molecule has 0 aliphatic carbocycles. The number of hydrogen-bond acceptors (Lipinski definition) is 5. The van der Waals surface area contributed by atoms with E-state index in [1.165, 1.54) is 6.07 Å². The summed E-state index contributed by atoms with van der Waals surface area (Å²) in [5.41, 5.74) is 7.59. The van der Waals surface area contributed by atoms with Gasteiger partial charge in [0.25, 0.3) is 0 Å². The second kappa shape index (κ2) is 6.58. The highest BCUT2D eigenvalue weighted by atomic mass is 19.1. The van der Waals surface area contributed by atoms with E-state index in [0.717, 1.165) is 5.56 Å².